The molecule has 9 nitrogen and oxygen atoms in total. The molecular weight excluding hydrogens is 416 g/mol. The van der Waals surface area contributed by atoms with Crippen molar-refractivity contribution < 1.29 is 28.3 Å². The molecule has 0 atom stereocenters. The van der Waals surface area contributed by atoms with E-state index in [9.17, 15) is 24.3 Å². The van der Waals surface area contributed by atoms with Crippen molar-refractivity contribution in [3.8, 4) is 0 Å². The van der Waals surface area contributed by atoms with Crippen LogP contribution in [0.15, 0.2) is 25.8 Å². The van der Waals surface area contributed by atoms with Gasteiger partial charge in [0.2, 0.25) is 11.8 Å². The normalized spacial score (nSPS) is 13.2. The van der Waals surface area contributed by atoms with Crippen LogP contribution in [0.1, 0.15) is 41.7 Å². The maximum atomic E-state index is 12.6. The quantitative estimate of drug-likeness (QED) is 0.515. The largest absolute Gasteiger partial charge is 0.548 e. The number of furan rings is 1. The lowest BCUT2D eigenvalue weighted by atomic mass is 9.94. The monoisotopic (exact) mass is 439 g/mol. The molecule has 0 bridgehead atoms. The molecule has 0 aliphatic heterocycles. The molecule has 1 aromatic carbocycles. The van der Waals surface area contributed by atoms with Gasteiger partial charge in [-0.05, 0) is 44.2 Å². The number of carboxylic acid groups (broad SMARTS) is 1. The van der Waals surface area contributed by atoms with E-state index in [1.807, 2.05) is 13.0 Å². The van der Waals surface area contributed by atoms with Crippen molar-refractivity contribution in [2.45, 2.75) is 45.4 Å². The lowest BCUT2D eigenvalue weighted by Gasteiger charge is -2.10. The van der Waals surface area contributed by atoms with Gasteiger partial charge in [0.1, 0.15) is 16.9 Å². The van der Waals surface area contributed by atoms with Gasteiger partial charge in [-0.15, -0.1) is 0 Å². The molecule has 0 unspecified atom stereocenters. The fraction of sp³-hybridized carbons (Fsp3) is 0.391. The Morgan fingerprint density at radius 2 is 1.69 bits per heavy atom. The Morgan fingerprint density at radius 3 is 2.47 bits per heavy atom. The smallest absolute Gasteiger partial charge is 0.339 e. The molecule has 0 saturated heterocycles. The molecule has 2 heterocycles. The molecule has 2 N–H and O–H groups in total. The average molecular weight is 439 g/mol. The topological polar surface area (TPSA) is 142 Å². The Kier molecular flexibility index (Phi) is 5.98. The maximum Gasteiger partial charge on any atom is 0.339 e. The number of carboxylic acids is 1. The number of rotatable bonds is 7. The van der Waals surface area contributed by atoms with Crippen LogP contribution in [0.5, 0.6) is 0 Å². The first-order valence-corrected chi connectivity index (χ1v) is 10.6. The molecule has 2 aromatic heterocycles. The van der Waals surface area contributed by atoms with Gasteiger partial charge in [0.15, 0.2) is 0 Å². The molecule has 2 amide bonds. The van der Waals surface area contributed by atoms with E-state index in [4.69, 9.17) is 8.83 Å². The summed E-state index contributed by atoms with van der Waals surface area (Å²) in [6.07, 6.45) is 4.23. The Hall–Kier alpha value is -3.62. The minimum atomic E-state index is -1.42. The zero-order chi connectivity index (χ0) is 22.8. The first-order chi connectivity index (χ1) is 15.3. The van der Waals surface area contributed by atoms with E-state index in [1.54, 1.807) is 6.07 Å². The highest BCUT2D eigenvalue weighted by Gasteiger charge is 2.20. The van der Waals surface area contributed by atoms with E-state index in [0.717, 1.165) is 53.4 Å². The standard InChI is InChI=1S/C23H24N2O7/c1-12-13(6-7-20(26)24-10-21(27)25-11-22(28)29)23(30)32-18-9-19-16(8-15(12)18)14-4-2-3-5-17(14)31-19/h8-9H,2-7,10-11H2,1H3,(H,24,26)(H,25,27)(H,28,29)/p-1. The van der Waals surface area contributed by atoms with Crippen LogP contribution < -0.4 is 21.4 Å². The highest BCUT2D eigenvalue weighted by Crippen LogP contribution is 2.35. The number of carbonyl (C=O) groups is 3. The van der Waals surface area contributed by atoms with Crippen LogP contribution in [-0.4, -0.2) is 30.9 Å². The maximum absolute atomic E-state index is 12.6. The summed E-state index contributed by atoms with van der Waals surface area (Å²) >= 11 is 0. The van der Waals surface area contributed by atoms with E-state index < -0.39 is 30.0 Å². The summed E-state index contributed by atoms with van der Waals surface area (Å²) in [6, 6.07) is 3.76. The summed E-state index contributed by atoms with van der Waals surface area (Å²) in [5.74, 6) is -1.50. The number of fused-ring (bicyclic) bond motifs is 4. The predicted octanol–water partition coefficient (Wildman–Crippen LogP) is 0.641. The predicted molar refractivity (Wildman–Crippen MR) is 113 cm³/mol. The number of hydrogen-bond donors (Lipinski definition) is 2. The molecule has 1 aliphatic rings. The van der Waals surface area contributed by atoms with Gasteiger partial charge >= 0.3 is 5.63 Å². The molecule has 4 rings (SSSR count). The SMILES string of the molecule is Cc1c(CCC(=O)NCC(=O)NCC(=O)[O-])c(=O)oc2cc3oc4c(c3cc12)CCCC4. The van der Waals surface area contributed by atoms with Crippen LogP contribution in [0, 0.1) is 6.92 Å². The molecule has 0 spiro atoms. The van der Waals surface area contributed by atoms with E-state index >= 15 is 0 Å². The summed E-state index contributed by atoms with van der Waals surface area (Å²) in [5.41, 5.74) is 3.04. The van der Waals surface area contributed by atoms with E-state index in [-0.39, 0.29) is 19.4 Å². The number of aryl methyl sites for hydroxylation is 3. The minimum Gasteiger partial charge on any atom is -0.548 e. The van der Waals surface area contributed by atoms with Crippen molar-refractivity contribution in [1.29, 1.82) is 0 Å². The first-order valence-electron chi connectivity index (χ1n) is 10.6. The van der Waals surface area contributed by atoms with Gasteiger partial charge in [-0.25, -0.2) is 4.79 Å². The lowest BCUT2D eigenvalue weighted by molar-refractivity contribution is -0.304. The summed E-state index contributed by atoms with van der Waals surface area (Å²) in [6.45, 7) is 0.846. The van der Waals surface area contributed by atoms with E-state index in [1.165, 1.54) is 5.56 Å². The molecule has 0 fully saturated rings. The van der Waals surface area contributed by atoms with Crippen LogP contribution in [0.25, 0.3) is 21.9 Å². The average Bonchev–Trinajstić information content (AvgIpc) is 3.12. The molecule has 1 aliphatic carbocycles. The third-order valence-corrected chi connectivity index (χ3v) is 5.84. The Morgan fingerprint density at radius 1 is 0.969 bits per heavy atom. The van der Waals surface area contributed by atoms with Crippen LogP contribution in [0.2, 0.25) is 0 Å². The zero-order valence-corrected chi connectivity index (χ0v) is 17.7. The van der Waals surface area contributed by atoms with Crippen molar-refractivity contribution in [2.24, 2.45) is 0 Å². The fourth-order valence-corrected chi connectivity index (χ4v) is 4.17. The van der Waals surface area contributed by atoms with Gasteiger partial charge in [0.05, 0.1) is 19.1 Å². The molecule has 168 valence electrons. The Balaban J connectivity index is 1.51. The molecule has 9 heteroatoms. The number of nitrogens with one attached hydrogen (secondary N) is 2. The Labute approximate surface area is 182 Å². The van der Waals surface area contributed by atoms with Gasteiger partial charge in [0, 0.05) is 40.8 Å². The highest BCUT2D eigenvalue weighted by atomic mass is 16.4. The van der Waals surface area contributed by atoms with Crippen LogP contribution in [0.3, 0.4) is 0 Å². The second kappa shape index (κ2) is 8.86. The summed E-state index contributed by atoms with van der Waals surface area (Å²) in [5, 5.41) is 16.7. The molecule has 0 radical (unpaired) electrons. The Bertz CT molecular complexity index is 1290. The van der Waals surface area contributed by atoms with Crippen LogP contribution in [0.4, 0.5) is 0 Å². The number of hydrogen-bond acceptors (Lipinski definition) is 7. The third kappa shape index (κ3) is 4.37. The van der Waals surface area contributed by atoms with Crippen molar-refractivity contribution in [1.82, 2.24) is 10.6 Å². The zero-order valence-electron chi connectivity index (χ0n) is 17.7. The van der Waals surface area contributed by atoms with Crippen LogP contribution >= 0.6 is 0 Å². The van der Waals surface area contributed by atoms with E-state index in [0.29, 0.717) is 11.1 Å². The summed E-state index contributed by atoms with van der Waals surface area (Å²) in [7, 11) is 0. The number of benzene rings is 1. The molecule has 3 aromatic rings. The fourth-order valence-electron chi connectivity index (χ4n) is 4.17. The summed E-state index contributed by atoms with van der Waals surface area (Å²) in [4.78, 5) is 46.4. The third-order valence-electron chi connectivity index (χ3n) is 5.84. The van der Waals surface area contributed by atoms with Gasteiger partial charge in [-0.1, -0.05) is 0 Å². The van der Waals surface area contributed by atoms with Crippen molar-refractivity contribution in [3.63, 3.8) is 0 Å². The van der Waals surface area contributed by atoms with E-state index in [2.05, 4.69) is 10.6 Å². The number of amides is 2. The molecule has 0 saturated carbocycles. The van der Waals surface area contributed by atoms with Gasteiger partial charge in [-0.2, -0.15) is 0 Å². The second-order valence-electron chi connectivity index (χ2n) is 7.97. The van der Waals surface area contributed by atoms with Crippen LogP contribution in [-0.2, 0) is 33.6 Å². The van der Waals surface area contributed by atoms with Gasteiger partial charge in [-0.3, -0.25) is 9.59 Å². The number of carbonyl (C=O) groups excluding carboxylic acids is 3. The second-order valence-corrected chi connectivity index (χ2v) is 7.97. The van der Waals surface area contributed by atoms with Crippen molar-refractivity contribution in [3.05, 3.63) is 45.0 Å². The highest BCUT2D eigenvalue weighted by molar-refractivity contribution is 5.97. The molecule has 32 heavy (non-hydrogen) atoms. The molecular formula is C23H23N2O7-. The van der Waals surface area contributed by atoms with Gasteiger partial charge in [0.25, 0.3) is 0 Å². The summed E-state index contributed by atoms with van der Waals surface area (Å²) < 4.78 is 11.5. The van der Waals surface area contributed by atoms with Crippen molar-refractivity contribution >= 4 is 39.7 Å². The van der Waals surface area contributed by atoms with Crippen molar-refractivity contribution in [2.75, 3.05) is 13.1 Å². The lowest BCUT2D eigenvalue weighted by Crippen LogP contribution is -2.42. The minimum absolute atomic E-state index is 0.0196. The number of aliphatic carboxylic acids is 1. The van der Waals surface area contributed by atoms with Gasteiger partial charge < -0.3 is 29.4 Å². The first kappa shape index (κ1) is 21.6.